The van der Waals surface area contributed by atoms with Crippen molar-refractivity contribution in [1.82, 2.24) is 0 Å². The molecule has 1 nitrogen and oxygen atoms in total. The lowest BCUT2D eigenvalue weighted by atomic mass is 10.1. The van der Waals surface area contributed by atoms with Crippen molar-refractivity contribution in [1.29, 1.82) is 0 Å². The fraction of sp³-hybridized carbons (Fsp3) is 0.556. The van der Waals surface area contributed by atoms with Crippen molar-refractivity contribution in [3.8, 4) is 0 Å². The van der Waals surface area contributed by atoms with E-state index >= 15 is 0 Å². The van der Waals surface area contributed by atoms with Crippen LogP contribution in [0.4, 0.5) is 0 Å². The van der Waals surface area contributed by atoms with E-state index in [9.17, 15) is 0 Å². The monoisotopic (exact) mass is 138 g/mol. The molecule has 0 amide bonds. The average Bonchev–Trinajstić information content (AvgIpc) is 2.13. The maximum atomic E-state index is 5.44. The molecule has 0 saturated carbocycles. The average molecular weight is 138 g/mol. The van der Waals surface area contributed by atoms with Gasteiger partial charge < -0.3 is 4.74 Å². The molecule has 0 aromatic carbocycles. The predicted molar refractivity (Wildman–Crippen MR) is 42.9 cm³/mol. The lowest BCUT2D eigenvalue weighted by molar-refractivity contribution is 0.0943. The summed E-state index contributed by atoms with van der Waals surface area (Å²) in [6.07, 6.45) is 5.27. The highest BCUT2D eigenvalue weighted by Gasteiger charge is 2.10. The van der Waals surface area contributed by atoms with Gasteiger partial charge in [-0.2, -0.15) is 0 Å². The van der Waals surface area contributed by atoms with Gasteiger partial charge in [0, 0.05) is 6.61 Å². The number of hydrogen-bond donors (Lipinski definition) is 0. The van der Waals surface area contributed by atoms with Crippen LogP contribution in [0.1, 0.15) is 19.3 Å². The standard InChI is InChI=1S/C9H14O/c1-3-9-7-8(2)5-4-6-10-9/h3,9H,1-2,4-7H2. The van der Waals surface area contributed by atoms with Crippen molar-refractivity contribution in [2.24, 2.45) is 0 Å². The molecule has 0 aliphatic carbocycles. The maximum Gasteiger partial charge on any atom is 0.0790 e. The van der Waals surface area contributed by atoms with Crippen molar-refractivity contribution < 1.29 is 4.74 Å². The van der Waals surface area contributed by atoms with Crippen LogP contribution in [0, 0.1) is 0 Å². The number of rotatable bonds is 1. The van der Waals surface area contributed by atoms with E-state index in [2.05, 4.69) is 13.2 Å². The Kier molecular flexibility index (Phi) is 2.69. The molecule has 56 valence electrons. The highest BCUT2D eigenvalue weighted by Crippen LogP contribution is 2.17. The summed E-state index contributed by atoms with van der Waals surface area (Å²) in [7, 11) is 0. The molecule has 1 aliphatic rings. The first-order chi connectivity index (χ1) is 4.83. The third kappa shape index (κ3) is 1.99. The van der Waals surface area contributed by atoms with Crippen LogP contribution in [0.3, 0.4) is 0 Å². The summed E-state index contributed by atoms with van der Waals surface area (Å²) in [5, 5.41) is 0. The van der Waals surface area contributed by atoms with Gasteiger partial charge in [0.2, 0.25) is 0 Å². The van der Waals surface area contributed by atoms with Crippen molar-refractivity contribution in [3.05, 3.63) is 24.8 Å². The molecule has 0 N–H and O–H groups in total. The van der Waals surface area contributed by atoms with Crippen LogP contribution in [0.15, 0.2) is 24.8 Å². The van der Waals surface area contributed by atoms with E-state index in [4.69, 9.17) is 4.74 Å². The maximum absolute atomic E-state index is 5.44. The summed E-state index contributed by atoms with van der Waals surface area (Å²) in [5.41, 5.74) is 1.29. The molecule has 1 fully saturated rings. The molecule has 1 unspecified atom stereocenters. The second-order valence-corrected chi connectivity index (χ2v) is 2.70. The Hall–Kier alpha value is -0.560. The van der Waals surface area contributed by atoms with Crippen LogP contribution in [0.25, 0.3) is 0 Å². The van der Waals surface area contributed by atoms with Gasteiger partial charge in [0.1, 0.15) is 0 Å². The smallest absolute Gasteiger partial charge is 0.0790 e. The summed E-state index contributed by atoms with van der Waals surface area (Å²) >= 11 is 0. The van der Waals surface area contributed by atoms with E-state index in [1.807, 2.05) is 6.08 Å². The molecule has 0 bridgehead atoms. The molecule has 1 saturated heterocycles. The Bertz CT molecular complexity index is 138. The first-order valence-corrected chi connectivity index (χ1v) is 3.73. The fourth-order valence-corrected chi connectivity index (χ4v) is 1.15. The molecule has 1 heterocycles. The third-order valence-corrected chi connectivity index (χ3v) is 1.76. The minimum Gasteiger partial charge on any atom is -0.374 e. The van der Waals surface area contributed by atoms with E-state index in [0.29, 0.717) is 0 Å². The number of ether oxygens (including phenoxy) is 1. The van der Waals surface area contributed by atoms with E-state index in [1.54, 1.807) is 0 Å². The zero-order valence-corrected chi connectivity index (χ0v) is 6.31. The highest BCUT2D eigenvalue weighted by atomic mass is 16.5. The normalized spacial score (nSPS) is 27.6. The van der Waals surface area contributed by atoms with Gasteiger partial charge in [0.15, 0.2) is 0 Å². The summed E-state index contributed by atoms with van der Waals surface area (Å²) in [6, 6.07) is 0. The second-order valence-electron chi connectivity index (χ2n) is 2.70. The van der Waals surface area contributed by atoms with Crippen LogP contribution in [0.5, 0.6) is 0 Å². The lowest BCUT2D eigenvalue weighted by Gasteiger charge is -2.08. The topological polar surface area (TPSA) is 9.23 Å². The summed E-state index contributed by atoms with van der Waals surface area (Å²) in [6.45, 7) is 8.50. The van der Waals surface area contributed by atoms with Crippen molar-refractivity contribution in [3.63, 3.8) is 0 Å². The molecule has 1 atom stereocenters. The number of hydrogen-bond acceptors (Lipinski definition) is 1. The second kappa shape index (κ2) is 3.57. The molecular formula is C9H14O. The van der Waals surface area contributed by atoms with Crippen molar-refractivity contribution >= 4 is 0 Å². The van der Waals surface area contributed by atoms with E-state index in [0.717, 1.165) is 25.9 Å². The minimum atomic E-state index is 0.218. The van der Waals surface area contributed by atoms with Crippen molar-refractivity contribution in [2.45, 2.75) is 25.4 Å². The van der Waals surface area contributed by atoms with Gasteiger partial charge in [-0.1, -0.05) is 18.2 Å². The Morgan fingerprint density at radius 3 is 3.10 bits per heavy atom. The quantitative estimate of drug-likeness (QED) is 0.505. The largest absolute Gasteiger partial charge is 0.374 e. The molecule has 1 aliphatic heterocycles. The van der Waals surface area contributed by atoms with Gasteiger partial charge in [0.25, 0.3) is 0 Å². The van der Waals surface area contributed by atoms with E-state index in [-0.39, 0.29) is 6.10 Å². The molecule has 0 spiro atoms. The van der Waals surface area contributed by atoms with Gasteiger partial charge in [0.05, 0.1) is 6.10 Å². The molecule has 0 radical (unpaired) electrons. The summed E-state index contributed by atoms with van der Waals surface area (Å²) < 4.78 is 5.44. The van der Waals surface area contributed by atoms with Gasteiger partial charge in [-0.25, -0.2) is 0 Å². The first kappa shape index (κ1) is 7.55. The Morgan fingerprint density at radius 2 is 2.40 bits per heavy atom. The van der Waals surface area contributed by atoms with Gasteiger partial charge in [-0.3, -0.25) is 0 Å². The van der Waals surface area contributed by atoms with Gasteiger partial charge >= 0.3 is 0 Å². The van der Waals surface area contributed by atoms with Gasteiger partial charge in [-0.05, 0) is 19.3 Å². The Labute approximate surface area is 62.4 Å². The van der Waals surface area contributed by atoms with E-state index < -0.39 is 0 Å². The Balaban J connectivity index is 2.45. The van der Waals surface area contributed by atoms with Gasteiger partial charge in [-0.15, -0.1) is 6.58 Å². The summed E-state index contributed by atoms with van der Waals surface area (Å²) in [5.74, 6) is 0. The molecule has 0 aromatic rings. The summed E-state index contributed by atoms with van der Waals surface area (Å²) in [4.78, 5) is 0. The first-order valence-electron chi connectivity index (χ1n) is 3.73. The molecule has 1 rings (SSSR count). The predicted octanol–water partition coefficient (Wildman–Crippen LogP) is 2.30. The molecular weight excluding hydrogens is 124 g/mol. The molecule has 10 heavy (non-hydrogen) atoms. The lowest BCUT2D eigenvalue weighted by Crippen LogP contribution is -2.07. The van der Waals surface area contributed by atoms with Crippen LogP contribution >= 0.6 is 0 Å². The zero-order valence-electron chi connectivity index (χ0n) is 6.31. The minimum absolute atomic E-state index is 0.218. The van der Waals surface area contributed by atoms with Crippen LogP contribution < -0.4 is 0 Å². The zero-order chi connectivity index (χ0) is 7.40. The molecule has 0 aromatic heterocycles. The highest BCUT2D eigenvalue weighted by molar-refractivity contribution is 5.01. The third-order valence-electron chi connectivity index (χ3n) is 1.76. The van der Waals surface area contributed by atoms with Crippen LogP contribution in [-0.4, -0.2) is 12.7 Å². The van der Waals surface area contributed by atoms with Crippen molar-refractivity contribution in [2.75, 3.05) is 6.61 Å². The van der Waals surface area contributed by atoms with E-state index in [1.165, 1.54) is 5.57 Å². The van der Waals surface area contributed by atoms with Crippen LogP contribution in [0.2, 0.25) is 0 Å². The SMILES string of the molecule is C=CC1CC(=C)CCCO1. The fourth-order valence-electron chi connectivity index (χ4n) is 1.15. The Morgan fingerprint density at radius 1 is 1.60 bits per heavy atom. The van der Waals surface area contributed by atoms with Crippen LogP contribution in [-0.2, 0) is 4.74 Å². The molecule has 1 heteroatoms.